The van der Waals surface area contributed by atoms with E-state index in [0.29, 0.717) is 11.1 Å². The lowest BCUT2D eigenvalue weighted by Crippen LogP contribution is -2.19. The smallest absolute Gasteiger partial charge is 0.192 e. The number of aromatic nitrogens is 1. The van der Waals surface area contributed by atoms with Crippen LogP contribution in [0.5, 0.6) is 0 Å². The standard InChI is InChI=1S/C12H10ClNO/c13-12(15,10-5-2-1-3-6-10)11-7-4-8-14-9-11/h1-9,15H. The van der Waals surface area contributed by atoms with Crippen molar-refractivity contribution in [2.24, 2.45) is 0 Å². The van der Waals surface area contributed by atoms with E-state index in [-0.39, 0.29) is 0 Å². The highest BCUT2D eigenvalue weighted by molar-refractivity contribution is 6.24. The number of rotatable bonds is 2. The Morgan fingerprint density at radius 1 is 1.00 bits per heavy atom. The topological polar surface area (TPSA) is 33.1 Å². The van der Waals surface area contributed by atoms with E-state index < -0.39 is 5.06 Å². The number of pyridine rings is 1. The van der Waals surface area contributed by atoms with Gasteiger partial charge in [-0.05, 0) is 6.07 Å². The average molecular weight is 220 g/mol. The van der Waals surface area contributed by atoms with E-state index in [9.17, 15) is 5.11 Å². The molecule has 1 N–H and O–H groups in total. The van der Waals surface area contributed by atoms with Crippen molar-refractivity contribution in [3.05, 3.63) is 66.0 Å². The van der Waals surface area contributed by atoms with E-state index >= 15 is 0 Å². The molecule has 2 aromatic rings. The van der Waals surface area contributed by atoms with Crippen LogP contribution in [0.25, 0.3) is 0 Å². The molecule has 0 saturated carbocycles. The van der Waals surface area contributed by atoms with Crippen molar-refractivity contribution >= 4 is 11.6 Å². The fourth-order valence-electron chi connectivity index (χ4n) is 1.38. The minimum atomic E-state index is -1.50. The zero-order valence-corrected chi connectivity index (χ0v) is 8.72. The first-order valence-electron chi connectivity index (χ1n) is 4.58. The number of hydrogen-bond donors (Lipinski definition) is 1. The Morgan fingerprint density at radius 2 is 1.67 bits per heavy atom. The molecule has 76 valence electrons. The minimum absolute atomic E-state index is 0.567. The van der Waals surface area contributed by atoms with E-state index in [4.69, 9.17) is 11.6 Å². The highest BCUT2D eigenvalue weighted by Crippen LogP contribution is 2.32. The maximum atomic E-state index is 10.2. The zero-order valence-electron chi connectivity index (χ0n) is 7.97. The second kappa shape index (κ2) is 4.01. The monoisotopic (exact) mass is 219 g/mol. The predicted molar refractivity (Wildman–Crippen MR) is 59.5 cm³/mol. The SMILES string of the molecule is OC(Cl)(c1ccccc1)c1cccnc1. The van der Waals surface area contributed by atoms with Crippen LogP contribution in [0, 0.1) is 0 Å². The van der Waals surface area contributed by atoms with Crippen LogP contribution < -0.4 is 0 Å². The third-order valence-corrected chi connectivity index (χ3v) is 2.64. The van der Waals surface area contributed by atoms with Gasteiger partial charge in [0.15, 0.2) is 5.06 Å². The number of nitrogens with zero attached hydrogens (tertiary/aromatic N) is 1. The number of halogens is 1. The normalized spacial score (nSPS) is 14.5. The maximum absolute atomic E-state index is 10.2. The summed E-state index contributed by atoms with van der Waals surface area (Å²) >= 11 is 6.10. The van der Waals surface area contributed by atoms with Crippen LogP contribution in [0.15, 0.2) is 54.9 Å². The largest absolute Gasteiger partial charge is 0.367 e. The molecule has 3 heteroatoms. The predicted octanol–water partition coefficient (Wildman–Crippen LogP) is 2.51. The second-order valence-corrected chi connectivity index (χ2v) is 3.78. The Hall–Kier alpha value is -1.38. The van der Waals surface area contributed by atoms with Gasteiger partial charge in [-0.15, -0.1) is 0 Å². The molecule has 1 aromatic heterocycles. The molecule has 0 bridgehead atoms. The molecule has 15 heavy (non-hydrogen) atoms. The third-order valence-electron chi connectivity index (χ3n) is 2.20. The highest BCUT2D eigenvalue weighted by Gasteiger charge is 2.28. The fraction of sp³-hybridized carbons (Fsp3) is 0.0833. The van der Waals surface area contributed by atoms with Gasteiger partial charge in [0, 0.05) is 23.5 Å². The van der Waals surface area contributed by atoms with Crippen LogP contribution in [0.2, 0.25) is 0 Å². The van der Waals surface area contributed by atoms with Gasteiger partial charge in [-0.1, -0.05) is 48.0 Å². The van der Waals surface area contributed by atoms with E-state index in [1.807, 2.05) is 18.2 Å². The van der Waals surface area contributed by atoms with Crippen LogP contribution >= 0.6 is 11.6 Å². The van der Waals surface area contributed by atoms with Crippen molar-refractivity contribution in [3.63, 3.8) is 0 Å². The summed E-state index contributed by atoms with van der Waals surface area (Å²) in [5.41, 5.74) is 1.21. The molecular formula is C12H10ClNO. The average Bonchev–Trinajstić information content (AvgIpc) is 2.31. The number of benzene rings is 1. The Labute approximate surface area is 93.2 Å². The molecule has 0 aliphatic carbocycles. The summed E-state index contributed by atoms with van der Waals surface area (Å²) in [5.74, 6) is 0. The molecule has 0 aliphatic heterocycles. The summed E-state index contributed by atoms with van der Waals surface area (Å²) in [4.78, 5) is 3.93. The lowest BCUT2D eigenvalue weighted by atomic mass is 10.0. The van der Waals surface area contributed by atoms with Crippen LogP contribution in [-0.2, 0) is 5.06 Å². The molecule has 0 spiro atoms. The first-order valence-corrected chi connectivity index (χ1v) is 4.96. The van der Waals surface area contributed by atoms with Crippen LogP contribution in [0.3, 0.4) is 0 Å². The quantitative estimate of drug-likeness (QED) is 0.788. The van der Waals surface area contributed by atoms with Crippen LogP contribution in [0.4, 0.5) is 0 Å². The van der Waals surface area contributed by atoms with Gasteiger partial charge >= 0.3 is 0 Å². The van der Waals surface area contributed by atoms with E-state index in [1.54, 1.807) is 36.7 Å². The first-order chi connectivity index (χ1) is 7.21. The molecule has 0 radical (unpaired) electrons. The summed E-state index contributed by atoms with van der Waals surface area (Å²) < 4.78 is 0. The van der Waals surface area contributed by atoms with Crippen molar-refractivity contribution in [1.29, 1.82) is 0 Å². The van der Waals surface area contributed by atoms with Gasteiger partial charge < -0.3 is 5.11 Å². The van der Waals surface area contributed by atoms with E-state index in [1.165, 1.54) is 0 Å². The number of hydrogen-bond acceptors (Lipinski definition) is 2. The molecule has 1 aromatic carbocycles. The van der Waals surface area contributed by atoms with Crippen LogP contribution in [0.1, 0.15) is 11.1 Å². The Bertz CT molecular complexity index is 386. The van der Waals surface area contributed by atoms with Crippen molar-refractivity contribution in [1.82, 2.24) is 4.98 Å². The van der Waals surface area contributed by atoms with Crippen molar-refractivity contribution in [2.75, 3.05) is 0 Å². The molecule has 1 atom stereocenters. The van der Waals surface area contributed by atoms with Gasteiger partial charge in [0.2, 0.25) is 0 Å². The Morgan fingerprint density at radius 3 is 2.27 bits per heavy atom. The lowest BCUT2D eigenvalue weighted by Gasteiger charge is -2.20. The molecule has 2 rings (SSSR count). The Kier molecular flexibility index (Phi) is 2.71. The van der Waals surface area contributed by atoms with E-state index in [2.05, 4.69) is 4.98 Å². The first kappa shape index (κ1) is 10.1. The van der Waals surface area contributed by atoms with E-state index in [0.717, 1.165) is 0 Å². The van der Waals surface area contributed by atoms with Gasteiger partial charge in [0.25, 0.3) is 0 Å². The molecular weight excluding hydrogens is 210 g/mol. The summed E-state index contributed by atoms with van der Waals surface area (Å²) in [6, 6.07) is 12.6. The number of alkyl halides is 1. The molecule has 1 unspecified atom stereocenters. The summed E-state index contributed by atoms with van der Waals surface area (Å²) in [6.07, 6.45) is 3.20. The molecule has 0 aliphatic rings. The van der Waals surface area contributed by atoms with Crippen molar-refractivity contribution in [3.8, 4) is 0 Å². The fourth-order valence-corrected chi connectivity index (χ4v) is 1.62. The Balaban J connectivity index is 2.44. The highest BCUT2D eigenvalue weighted by atomic mass is 35.5. The summed E-state index contributed by atoms with van der Waals surface area (Å²) in [7, 11) is 0. The van der Waals surface area contributed by atoms with Gasteiger partial charge in [0.1, 0.15) is 0 Å². The molecule has 2 nitrogen and oxygen atoms in total. The second-order valence-electron chi connectivity index (χ2n) is 3.23. The van der Waals surface area contributed by atoms with Gasteiger partial charge in [-0.3, -0.25) is 4.98 Å². The van der Waals surface area contributed by atoms with Gasteiger partial charge in [-0.2, -0.15) is 0 Å². The molecule has 0 amide bonds. The van der Waals surface area contributed by atoms with Gasteiger partial charge in [0.05, 0.1) is 0 Å². The minimum Gasteiger partial charge on any atom is -0.367 e. The van der Waals surface area contributed by atoms with Crippen LogP contribution in [-0.4, -0.2) is 10.1 Å². The van der Waals surface area contributed by atoms with Crippen molar-refractivity contribution < 1.29 is 5.11 Å². The van der Waals surface area contributed by atoms with Crippen molar-refractivity contribution in [2.45, 2.75) is 5.06 Å². The lowest BCUT2D eigenvalue weighted by molar-refractivity contribution is 0.172. The zero-order chi connectivity index (χ0) is 10.7. The van der Waals surface area contributed by atoms with Gasteiger partial charge in [-0.25, -0.2) is 0 Å². The number of aliphatic hydroxyl groups is 1. The maximum Gasteiger partial charge on any atom is 0.192 e. The molecule has 0 saturated heterocycles. The summed E-state index contributed by atoms with van der Waals surface area (Å²) in [6.45, 7) is 0. The summed E-state index contributed by atoms with van der Waals surface area (Å²) in [5, 5.41) is 8.68. The molecule has 0 fully saturated rings. The third kappa shape index (κ3) is 2.01. The molecule has 1 heterocycles.